The van der Waals surface area contributed by atoms with Crippen molar-refractivity contribution in [3.63, 3.8) is 0 Å². The Morgan fingerprint density at radius 1 is 1.38 bits per heavy atom. The molecule has 0 amide bonds. The number of hydrogen-bond acceptors (Lipinski definition) is 2. The maximum absolute atomic E-state index is 3.67. The molecule has 2 nitrogen and oxygen atoms in total. The van der Waals surface area contributed by atoms with Crippen LogP contribution >= 0.6 is 0 Å². The first-order chi connectivity index (χ1) is 7.79. The Morgan fingerprint density at radius 2 is 2.19 bits per heavy atom. The molecule has 1 saturated carbocycles. The van der Waals surface area contributed by atoms with Crippen LogP contribution in [0.25, 0.3) is 0 Å². The van der Waals surface area contributed by atoms with Crippen molar-refractivity contribution in [1.82, 2.24) is 10.2 Å². The van der Waals surface area contributed by atoms with Gasteiger partial charge in [0, 0.05) is 25.7 Å². The van der Waals surface area contributed by atoms with Crippen LogP contribution in [0.1, 0.15) is 46.0 Å². The lowest BCUT2D eigenvalue weighted by molar-refractivity contribution is 0.149. The molecular formula is C14H28N2. The predicted molar refractivity (Wildman–Crippen MR) is 69.6 cm³/mol. The van der Waals surface area contributed by atoms with Gasteiger partial charge < -0.3 is 10.2 Å². The Bertz CT molecular complexity index is 201. The molecule has 2 unspecified atom stereocenters. The van der Waals surface area contributed by atoms with Crippen LogP contribution in [0.5, 0.6) is 0 Å². The number of nitrogens with zero attached hydrogens (tertiary/aromatic N) is 1. The van der Waals surface area contributed by atoms with Gasteiger partial charge in [-0.1, -0.05) is 39.5 Å². The van der Waals surface area contributed by atoms with Gasteiger partial charge in [0.15, 0.2) is 0 Å². The van der Waals surface area contributed by atoms with Gasteiger partial charge in [0.2, 0.25) is 0 Å². The number of hydrogen-bond donors (Lipinski definition) is 1. The summed E-state index contributed by atoms with van der Waals surface area (Å²) in [5.41, 5.74) is 0. The largest absolute Gasteiger partial charge is 0.311 e. The average molecular weight is 224 g/mol. The van der Waals surface area contributed by atoms with Crippen LogP contribution in [0.2, 0.25) is 0 Å². The van der Waals surface area contributed by atoms with Gasteiger partial charge in [-0.3, -0.25) is 0 Å². The molecule has 2 fully saturated rings. The molecule has 0 spiro atoms. The molecule has 1 N–H and O–H groups in total. The quantitative estimate of drug-likeness (QED) is 0.772. The van der Waals surface area contributed by atoms with Crippen LogP contribution in [0, 0.1) is 11.8 Å². The van der Waals surface area contributed by atoms with Crippen molar-refractivity contribution < 1.29 is 0 Å². The Hall–Kier alpha value is -0.0800. The average Bonchev–Trinajstić information content (AvgIpc) is 2.26. The van der Waals surface area contributed by atoms with Crippen molar-refractivity contribution in [2.24, 2.45) is 11.8 Å². The van der Waals surface area contributed by atoms with Crippen LogP contribution in [0.4, 0.5) is 0 Å². The first-order valence-electron chi connectivity index (χ1n) is 7.25. The lowest BCUT2D eigenvalue weighted by Crippen LogP contribution is -2.53. The molecule has 1 heterocycles. The molecule has 1 aliphatic heterocycles. The maximum atomic E-state index is 3.67. The van der Waals surface area contributed by atoms with Crippen LogP contribution < -0.4 is 5.32 Å². The van der Waals surface area contributed by atoms with E-state index in [9.17, 15) is 0 Å². The molecule has 16 heavy (non-hydrogen) atoms. The third-order valence-electron chi connectivity index (χ3n) is 4.70. The summed E-state index contributed by atoms with van der Waals surface area (Å²) in [6, 6.07) is 0.736. The summed E-state index contributed by atoms with van der Waals surface area (Å²) in [4.78, 5) is 2.69. The Labute approximate surface area is 101 Å². The van der Waals surface area contributed by atoms with Gasteiger partial charge in [0.1, 0.15) is 0 Å². The summed E-state index contributed by atoms with van der Waals surface area (Å²) < 4.78 is 0. The molecule has 94 valence electrons. The van der Waals surface area contributed by atoms with Gasteiger partial charge in [-0.2, -0.15) is 0 Å². The molecular weight excluding hydrogens is 196 g/mol. The van der Waals surface area contributed by atoms with Crippen molar-refractivity contribution in [3.8, 4) is 0 Å². The normalized spacial score (nSPS) is 30.0. The van der Waals surface area contributed by atoms with E-state index in [1.807, 2.05) is 0 Å². The molecule has 2 aliphatic rings. The molecule has 0 aromatic rings. The fraction of sp³-hybridized carbons (Fsp3) is 1.00. The van der Waals surface area contributed by atoms with Gasteiger partial charge in [-0.15, -0.1) is 0 Å². The SMILES string of the molecule is CCC(C)C1CN(CCC2CCC2)CCN1. The fourth-order valence-electron chi connectivity index (χ4n) is 2.86. The fourth-order valence-corrected chi connectivity index (χ4v) is 2.86. The first kappa shape index (κ1) is 12.4. The zero-order valence-corrected chi connectivity index (χ0v) is 11.0. The topological polar surface area (TPSA) is 15.3 Å². The third kappa shape index (κ3) is 3.21. The minimum absolute atomic E-state index is 0.736. The standard InChI is InChI=1S/C14H28N2/c1-3-12(2)14-11-16(10-8-15-14)9-7-13-5-4-6-13/h12-15H,3-11H2,1-2H3. The van der Waals surface area contributed by atoms with Gasteiger partial charge in [0.05, 0.1) is 0 Å². The predicted octanol–water partition coefficient (Wildman–Crippen LogP) is 2.50. The Morgan fingerprint density at radius 3 is 2.81 bits per heavy atom. The van der Waals surface area contributed by atoms with Crippen LogP contribution in [0.15, 0.2) is 0 Å². The summed E-state index contributed by atoms with van der Waals surface area (Å²) >= 11 is 0. The molecule has 0 aromatic carbocycles. The first-order valence-corrected chi connectivity index (χ1v) is 7.25. The van der Waals surface area contributed by atoms with E-state index in [2.05, 4.69) is 24.1 Å². The molecule has 2 rings (SSSR count). The highest BCUT2D eigenvalue weighted by Crippen LogP contribution is 2.29. The molecule has 1 aliphatic carbocycles. The van der Waals surface area contributed by atoms with E-state index in [1.54, 1.807) is 0 Å². The molecule has 2 heteroatoms. The van der Waals surface area contributed by atoms with Crippen molar-refractivity contribution in [2.45, 2.75) is 52.0 Å². The van der Waals surface area contributed by atoms with Crippen LogP contribution in [-0.2, 0) is 0 Å². The Balaban J connectivity index is 1.68. The second-order valence-electron chi connectivity index (χ2n) is 5.83. The summed E-state index contributed by atoms with van der Waals surface area (Å²) in [6.07, 6.45) is 7.24. The van der Waals surface area contributed by atoms with Crippen molar-refractivity contribution in [3.05, 3.63) is 0 Å². The summed E-state index contributed by atoms with van der Waals surface area (Å²) in [5, 5.41) is 3.67. The van der Waals surface area contributed by atoms with Crippen LogP contribution in [-0.4, -0.2) is 37.1 Å². The molecule has 1 saturated heterocycles. The maximum Gasteiger partial charge on any atom is 0.0221 e. The summed E-state index contributed by atoms with van der Waals surface area (Å²) in [6.45, 7) is 9.77. The van der Waals surface area contributed by atoms with E-state index >= 15 is 0 Å². The Kier molecular flexibility index (Phi) is 4.66. The minimum Gasteiger partial charge on any atom is -0.311 e. The smallest absolute Gasteiger partial charge is 0.0221 e. The third-order valence-corrected chi connectivity index (χ3v) is 4.70. The van der Waals surface area contributed by atoms with E-state index in [-0.39, 0.29) is 0 Å². The minimum atomic E-state index is 0.736. The van der Waals surface area contributed by atoms with E-state index in [4.69, 9.17) is 0 Å². The second kappa shape index (κ2) is 6.02. The summed E-state index contributed by atoms with van der Waals surface area (Å²) in [5.74, 6) is 1.89. The van der Waals surface area contributed by atoms with E-state index in [0.717, 1.165) is 17.9 Å². The van der Waals surface area contributed by atoms with Gasteiger partial charge in [-0.05, 0) is 24.8 Å². The van der Waals surface area contributed by atoms with Crippen LogP contribution in [0.3, 0.4) is 0 Å². The highest BCUT2D eigenvalue weighted by Gasteiger charge is 2.24. The van der Waals surface area contributed by atoms with E-state index < -0.39 is 0 Å². The zero-order valence-electron chi connectivity index (χ0n) is 11.0. The molecule has 2 atom stereocenters. The van der Waals surface area contributed by atoms with Crippen molar-refractivity contribution >= 4 is 0 Å². The number of nitrogens with one attached hydrogen (secondary N) is 1. The monoisotopic (exact) mass is 224 g/mol. The number of rotatable bonds is 5. The lowest BCUT2D eigenvalue weighted by Gasteiger charge is -2.38. The zero-order chi connectivity index (χ0) is 11.4. The lowest BCUT2D eigenvalue weighted by atomic mass is 9.83. The molecule has 0 bridgehead atoms. The van der Waals surface area contributed by atoms with E-state index in [0.29, 0.717) is 0 Å². The van der Waals surface area contributed by atoms with E-state index in [1.165, 1.54) is 58.3 Å². The number of piperazine rings is 1. The second-order valence-corrected chi connectivity index (χ2v) is 5.83. The molecule has 0 radical (unpaired) electrons. The van der Waals surface area contributed by atoms with Gasteiger partial charge >= 0.3 is 0 Å². The van der Waals surface area contributed by atoms with Gasteiger partial charge in [-0.25, -0.2) is 0 Å². The van der Waals surface area contributed by atoms with Gasteiger partial charge in [0.25, 0.3) is 0 Å². The van der Waals surface area contributed by atoms with Crippen molar-refractivity contribution in [1.29, 1.82) is 0 Å². The highest BCUT2D eigenvalue weighted by molar-refractivity contribution is 4.82. The summed E-state index contributed by atoms with van der Waals surface area (Å²) in [7, 11) is 0. The van der Waals surface area contributed by atoms with Crippen molar-refractivity contribution in [2.75, 3.05) is 26.2 Å². The molecule has 0 aromatic heterocycles. The highest BCUT2D eigenvalue weighted by atomic mass is 15.2.